The first-order chi connectivity index (χ1) is 12.4. The van der Waals surface area contributed by atoms with Crippen LogP contribution in [0, 0.1) is 40.8 Å². The molecule has 132 valence electrons. The van der Waals surface area contributed by atoms with Crippen molar-refractivity contribution in [3.63, 3.8) is 0 Å². The summed E-state index contributed by atoms with van der Waals surface area (Å²) in [6.07, 6.45) is 0. The largest absolute Gasteiger partial charge is 0.373 e. The van der Waals surface area contributed by atoms with Gasteiger partial charge in [0.1, 0.15) is 0 Å². The smallest absolute Gasteiger partial charge is 0.293 e. The minimum absolute atomic E-state index is 0.212. The molecule has 0 aliphatic rings. The summed E-state index contributed by atoms with van der Waals surface area (Å²) >= 11 is 0. The highest BCUT2D eigenvalue weighted by Gasteiger charge is 2.16. The second-order valence-corrected chi connectivity index (χ2v) is 5.82. The highest BCUT2D eigenvalue weighted by molar-refractivity contribution is 5.63. The highest BCUT2D eigenvalue weighted by Crippen LogP contribution is 2.28. The standard InChI is InChI=1S/C12H14N2.C8H8N4/c1-9-10(2)13-14(11(9)3)12-7-5-4-6-8-12;1-5-12-6(2)11-7(9-3)8(12)10-4/h4-8H,1-3H3;5H2,1-2H3. The van der Waals surface area contributed by atoms with Gasteiger partial charge in [-0.2, -0.15) is 5.10 Å². The van der Waals surface area contributed by atoms with Gasteiger partial charge in [0, 0.05) is 12.6 Å². The van der Waals surface area contributed by atoms with Crippen LogP contribution in [0.2, 0.25) is 0 Å². The summed E-state index contributed by atoms with van der Waals surface area (Å²) in [5.74, 6) is 1.30. The van der Waals surface area contributed by atoms with Gasteiger partial charge in [-0.05, 0) is 45.4 Å². The average Bonchev–Trinajstić information content (AvgIpc) is 3.12. The Bertz CT molecular complexity index is 980. The molecule has 0 atom stereocenters. The Morgan fingerprint density at radius 3 is 2.12 bits per heavy atom. The van der Waals surface area contributed by atoms with Gasteiger partial charge in [-0.3, -0.25) is 4.57 Å². The monoisotopic (exact) mass is 346 g/mol. The van der Waals surface area contributed by atoms with E-state index in [1.54, 1.807) is 11.5 Å². The van der Waals surface area contributed by atoms with Crippen molar-refractivity contribution in [1.82, 2.24) is 19.3 Å². The van der Waals surface area contributed by atoms with Gasteiger partial charge in [-0.15, -0.1) is 0 Å². The van der Waals surface area contributed by atoms with Gasteiger partial charge in [0.05, 0.1) is 17.9 Å². The van der Waals surface area contributed by atoms with Crippen LogP contribution in [0.25, 0.3) is 15.4 Å². The summed E-state index contributed by atoms with van der Waals surface area (Å²) in [7, 11) is 0. The van der Waals surface area contributed by atoms with Crippen molar-refractivity contribution >= 4 is 11.6 Å². The van der Waals surface area contributed by atoms with E-state index in [-0.39, 0.29) is 5.82 Å². The number of hydrogen-bond donors (Lipinski definition) is 0. The van der Waals surface area contributed by atoms with Gasteiger partial charge >= 0.3 is 0 Å². The van der Waals surface area contributed by atoms with E-state index >= 15 is 0 Å². The first kappa shape index (κ1) is 19.0. The van der Waals surface area contributed by atoms with Gasteiger partial charge in [0.25, 0.3) is 17.5 Å². The molecule has 0 spiro atoms. The van der Waals surface area contributed by atoms with Crippen molar-refractivity contribution in [3.8, 4) is 5.69 Å². The maximum atomic E-state index is 6.87. The zero-order valence-corrected chi connectivity index (χ0v) is 15.8. The van der Waals surface area contributed by atoms with E-state index in [2.05, 4.69) is 45.8 Å². The molecule has 2 aromatic heterocycles. The summed E-state index contributed by atoms with van der Waals surface area (Å²) in [6, 6.07) is 10.2. The van der Waals surface area contributed by atoms with Crippen molar-refractivity contribution in [2.45, 2.75) is 41.2 Å². The van der Waals surface area contributed by atoms with Crippen molar-refractivity contribution in [3.05, 3.63) is 75.9 Å². The van der Waals surface area contributed by atoms with Crippen LogP contribution in [0.15, 0.2) is 30.3 Å². The lowest BCUT2D eigenvalue weighted by Crippen LogP contribution is -1.98. The van der Waals surface area contributed by atoms with Gasteiger partial charge < -0.3 is 9.69 Å². The van der Waals surface area contributed by atoms with Gasteiger partial charge in [0.15, 0.2) is 0 Å². The van der Waals surface area contributed by atoms with Gasteiger partial charge in [-0.1, -0.05) is 36.3 Å². The van der Waals surface area contributed by atoms with Crippen molar-refractivity contribution in [1.29, 1.82) is 0 Å². The van der Waals surface area contributed by atoms with Crippen LogP contribution in [0.4, 0.5) is 11.6 Å². The lowest BCUT2D eigenvalue weighted by Gasteiger charge is -2.03. The Hall–Kier alpha value is -3.38. The Labute approximate surface area is 154 Å². The van der Waals surface area contributed by atoms with Gasteiger partial charge in [-0.25, -0.2) is 4.68 Å². The Kier molecular flexibility index (Phi) is 5.93. The van der Waals surface area contributed by atoms with Crippen LogP contribution in [-0.4, -0.2) is 19.3 Å². The SMILES string of the molecule is Cc1nn(-c2ccccc2)c(C)c1C.[C-]#[N+]c1nc(C)n(CC)c1[N+]#[C-]. The topological polar surface area (TPSA) is 44.4 Å². The number of imidazole rings is 1. The van der Waals surface area contributed by atoms with Crippen LogP contribution in [0.5, 0.6) is 0 Å². The summed E-state index contributed by atoms with van der Waals surface area (Å²) in [4.78, 5) is 10.4. The van der Waals surface area contributed by atoms with Crippen molar-refractivity contribution in [2.75, 3.05) is 0 Å². The normalized spacial score (nSPS) is 9.81. The van der Waals surface area contributed by atoms with E-state index in [0.717, 1.165) is 17.2 Å². The zero-order valence-electron chi connectivity index (χ0n) is 15.8. The molecule has 6 heteroatoms. The third-order valence-electron chi connectivity index (χ3n) is 4.30. The maximum Gasteiger partial charge on any atom is 0.293 e. The van der Waals surface area contributed by atoms with E-state index in [4.69, 9.17) is 13.1 Å². The van der Waals surface area contributed by atoms with Crippen molar-refractivity contribution < 1.29 is 0 Å². The second kappa shape index (κ2) is 8.13. The summed E-state index contributed by atoms with van der Waals surface area (Å²) in [6.45, 7) is 24.3. The molecule has 1 aromatic carbocycles. The molecule has 0 aliphatic carbocycles. The number of aromatic nitrogens is 4. The van der Waals surface area contributed by atoms with Crippen LogP contribution >= 0.6 is 0 Å². The summed E-state index contributed by atoms with van der Waals surface area (Å²) in [5, 5.41) is 4.50. The number of aryl methyl sites for hydroxylation is 2. The molecule has 0 bridgehead atoms. The quantitative estimate of drug-likeness (QED) is 0.605. The molecule has 2 heterocycles. The molecule has 0 saturated heterocycles. The van der Waals surface area contributed by atoms with Gasteiger partial charge in [0.2, 0.25) is 0 Å². The van der Waals surface area contributed by atoms with E-state index < -0.39 is 0 Å². The van der Waals surface area contributed by atoms with E-state index in [1.807, 2.05) is 36.7 Å². The minimum Gasteiger partial charge on any atom is -0.373 e. The fraction of sp³-hybridized carbons (Fsp3) is 0.300. The zero-order chi connectivity index (χ0) is 19.3. The van der Waals surface area contributed by atoms with Crippen LogP contribution < -0.4 is 0 Å². The Morgan fingerprint density at radius 1 is 1.00 bits per heavy atom. The number of benzene rings is 1. The maximum absolute atomic E-state index is 6.87. The molecule has 0 unspecified atom stereocenters. The second-order valence-electron chi connectivity index (χ2n) is 5.82. The molecule has 0 N–H and O–H groups in total. The number of rotatable bonds is 2. The first-order valence-electron chi connectivity index (χ1n) is 8.34. The van der Waals surface area contributed by atoms with Crippen molar-refractivity contribution in [2.24, 2.45) is 0 Å². The molecule has 0 radical (unpaired) electrons. The minimum atomic E-state index is 0.212. The lowest BCUT2D eigenvalue weighted by atomic mass is 10.2. The molecule has 26 heavy (non-hydrogen) atoms. The third kappa shape index (κ3) is 3.65. The molecular weight excluding hydrogens is 324 g/mol. The summed E-state index contributed by atoms with van der Waals surface area (Å²) < 4.78 is 3.73. The van der Waals surface area contributed by atoms with Crippen LogP contribution in [-0.2, 0) is 6.54 Å². The van der Waals surface area contributed by atoms with Crippen LogP contribution in [0.3, 0.4) is 0 Å². The predicted octanol–water partition coefficient (Wildman–Crippen LogP) is 5.11. The number of para-hydroxylation sites is 1. The molecule has 0 fully saturated rings. The number of hydrogen-bond acceptors (Lipinski definition) is 2. The van der Waals surface area contributed by atoms with E-state index in [0.29, 0.717) is 12.4 Å². The van der Waals surface area contributed by atoms with Crippen LogP contribution in [0.1, 0.15) is 29.7 Å². The lowest BCUT2D eigenvalue weighted by molar-refractivity contribution is 0.742. The Balaban J connectivity index is 0.000000190. The molecule has 0 saturated carbocycles. The molecule has 3 rings (SSSR count). The molecular formula is C20H22N6. The predicted molar refractivity (Wildman–Crippen MR) is 103 cm³/mol. The molecule has 0 amide bonds. The summed E-state index contributed by atoms with van der Waals surface area (Å²) in [5.41, 5.74) is 4.72. The fourth-order valence-corrected chi connectivity index (χ4v) is 2.64. The molecule has 3 aromatic rings. The number of nitrogens with zero attached hydrogens (tertiary/aromatic N) is 6. The molecule has 6 nitrogen and oxygen atoms in total. The van der Waals surface area contributed by atoms with E-state index in [9.17, 15) is 0 Å². The molecule has 0 aliphatic heterocycles. The highest BCUT2D eigenvalue weighted by atomic mass is 15.3. The first-order valence-corrected chi connectivity index (χ1v) is 8.34. The fourth-order valence-electron chi connectivity index (χ4n) is 2.64. The Morgan fingerprint density at radius 2 is 1.65 bits per heavy atom. The average molecular weight is 346 g/mol. The third-order valence-corrected chi connectivity index (χ3v) is 4.30. The van der Waals surface area contributed by atoms with E-state index in [1.165, 1.54) is 11.3 Å².